The van der Waals surface area contributed by atoms with Crippen molar-refractivity contribution in [2.75, 3.05) is 58.1 Å². The fourth-order valence-corrected chi connectivity index (χ4v) is 7.38. The molecule has 3 fully saturated rings. The summed E-state index contributed by atoms with van der Waals surface area (Å²) in [5.41, 5.74) is 1.32. The molecule has 3 saturated heterocycles. The van der Waals surface area contributed by atoms with Gasteiger partial charge in [-0.2, -0.15) is 9.97 Å². The Balaban J connectivity index is 0.000000704. The van der Waals surface area contributed by atoms with Crippen molar-refractivity contribution >= 4 is 34.0 Å². The van der Waals surface area contributed by atoms with Gasteiger partial charge >= 0.3 is 6.01 Å². The molecule has 10 nitrogen and oxygen atoms in total. The van der Waals surface area contributed by atoms with Crippen LogP contribution in [0.5, 0.6) is 6.01 Å². The van der Waals surface area contributed by atoms with Gasteiger partial charge in [0.15, 0.2) is 5.82 Å². The number of fused-ring (bicyclic) bond motifs is 4. The van der Waals surface area contributed by atoms with Crippen LogP contribution in [0.25, 0.3) is 32.9 Å². The van der Waals surface area contributed by atoms with Crippen LogP contribution in [0.15, 0.2) is 36.5 Å². The molecule has 46 heavy (non-hydrogen) atoms. The molecular weight excluding hydrogens is 601 g/mol. The van der Waals surface area contributed by atoms with E-state index in [0.29, 0.717) is 74.3 Å². The third-order valence-electron chi connectivity index (χ3n) is 9.38. The largest absolute Gasteiger partial charge is 0.483 e. The minimum atomic E-state index is -0.560. The zero-order valence-corrected chi connectivity index (χ0v) is 25.6. The summed E-state index contributed by atoms with van der Waals surface area (Å²) < 4.78 is 54.0. The van der Waals surface area contributed by atoms with Gasteiger partial charge in [0.25, 0.3) is 6.47 Å². The van der Waals surface area contributed by atoms with E-state index in [1.165, 1.54) is 6.07 Å². The first-order chi connectivity index (χ1) is 22.5. The van der Waals surface area contributed by atoms with E-state index in [-0.39, 0.29) is 41.2 Å². The van der Waals surface area contributed by atoms with Crippen LogP contribution in [0.4, 0.5) is 19.0 Å². The number of hydrogen-bond acceptors (Lipinski definition) is 9. The summed E-state index contributed by atoms with van der Waals surface area (Å²) in [4.78, 5) is 27.0. The Morgan fingerprint density at radius 2 is 1.93 bits per heavy atom. The lowest BCUT2D eigenvalue weighted by Gasteiger charge is -2.35. The molecule has 9 rings (SSSR count). The molecule has 6 bridgehead atoms. The molecule has 0 spiro atoms. The second-order valence-corrected chi connectivity index (χ2v) is 11.8. The minimum Gasteiger partial charge on any atom is -0.483 e. The van der Waals surface area contributed by atoms with E-state index >= 15 is 8.78 Å². The number of aromatic nitrogens is 3. The Kier molecular flexibility index (Phi) is 9.52. The van der Waals surface area contributed by atoms with Gasteiger partial charge in [-0.3, -0.25) is 24.4 Å². The summed E-state index contributed by atoms with van der Waals surface area (Å²) in [6, 6.07) is 8.91. The number of anilines is 1. The third-order valence-corrected chi connectivity index (χ3v) is 9.38. The first-order valence-corrected chi connectivity index (χ1v) is 15.5. The molecule has 2 aromatic heterocycles. The molecule has 13 heteroatoms. The minimum absolute atomic E-state index is 0.00642. The van der Waals surface area contributed by atoms with Gasteiger partial charge in [-0.1, -0.05) is 24.3 Å². The van der Waals surface area contributed by atoms with Gasteiger partial charge in [0.1, 0.15) is 29.5 Å². The van der Waals surface area contributed by atoms with E-state index in [1.807, 2.05) is 17.0 Å². The number of carbonyl (C=O) groups is 1. The predicted molar refractivity (Wildman–Crippen MR) is 168 cm³/mol. The second-order valence-electron chi connectivity index (χ2n) is 11.8. The first-order valence-electron chi connectivity index (χ1n) is 15.5. The van der Waals surface area contributed by atoms with Crippen LogP contribution >= 0.6 is 0 Å². The van der Waals surface area contributed by atoms with Gasteiger partial charge in [-0.15, -0.1) is 0 Å². The highest BCUT2D eigenvalue weighted by molar-refractivity contribution is 6.00. The van der Waals surface area contributed by atoms with Crippen molar-refractivity contribution in [3.05, 3.63) is 53.7 Å². The normalized spacial score (nSPS) is 20.0. The smallest absolute Gasteiger partial charge is 0.319 e. The average molecular weight is 639 g/mol. The summed E-state index contributed by atoms with van der Waals surface area (Å²) in [6.07, 6.45) is 6.33. The van der Waals surface area contributed by atoms with E-state index in [1.54, 1.807) is 18.3 Å². The van der Waals surface area contributed by atoms with Crippen molar-refractivity contribution in [2.45, 2.75) is 43.7 Å². The van der Waals surface area contributed by atoms with Crippen molar-refractivity contribution in [3.63, 3.8) is 0 Å². The molecule has 2 N–H and O–H groups in total. The number of nitrogens with one attached hydrogen (secondary N) is 1. The maximum Gasteiger partial charge on any atom is 0.319 e. The summed E-state index contributed by atoms with van der Waals surface area (Å²) in [6.45, 7) is 4.46. The third kappa shape index (κ3) is 5.82. The van der Waals surface area contributed by atoms with E-state index in [0.717, 1.165) is 44.2 Å². The molecule has 1 atom stereocenters. The molecule has 4 aromatic rings. The molecule has 7 heterocycles. The van der Waals surface area contributed by atoms with Crippen LogP contribution < -0.4 is 15.0 Å². The molecule has 0 aliphatic carbocycles. The first kappa shape index (κ1) is 31.9. The number of rotatable bonds is 3. The zero-order chi connectivity index (χ0) is 32.3. The maximum absolute atomic E-state index is 16.6. The molecule has 1 unspecified atom stereocenters. The number of hydrogen-bond donors (Lipinski definition) is 2. The number of nitrogens with zero attached hydrogens (tertiary/aromatic N) is 5. The van der Waals surface area contributed by atoms with Crippen LogP contribution in [-0.4, -0.2) is 96.3 Å². The second kappa shape index (κ2) is 13.7. The Hall–Kier alpha value is -4.07. The monoisotopic (exact) mass is 638 g/mol. The fraction of sp³-hybridized carbons (Fsp3) is 0.455. The highest BCUT2D eigenvalue weighted by atomic mass is 19.1. The topological polar surface area (TPSA) is 113 Å². The molecule has 0 saturated carbocycles. The van der Waals surface area contributed by atoms with Gasteiger partial charge in [-0.05, 0) is 67.6 Å². The molecule has 5 aliphatic heterocycles. The highest BCUT2D eigenvalue weighted by Crippen LogP contribution is 2.40. The van der Waals surface area contributed by atoms with Crippen LogP contribution in [-0.2, 0) is 16.0 Å². The quantitative estimate of drug-likeness (QED) is 0.306. The van der Waals surface area contributed by atoms with Crippen LogP contribution in [0.1, 0.15) is 31.2 Å². The Morgan fingerprint density at radius 3 is 2.72 bits per heavy atom. The van der Waals surface area contributed by atoms with Gasteiger partial charge in [-0.25, -0.2) is 8.78 Å². The summed E-state index contributed by atoms with van der Waals surface area (Å²) >= 11 is 0. The molecule has 244 valence electrons. The Labute approximate surface area is 264 Å². The Bertz CT molecular complexity index is 1720. The van der Waals surface area contributed by atoms with Crippen LogP contribution in [0.2, 0.25) is 0 Å². The molecule has 2 aromatic carbocycles. The van der Waals surface area contributed by atoms with Crippen molar-refractivity contribution in [2.24, 2.45) is 0 Å². The van der Waals surface area contributed by atoms with Crippen molar-refractivity contribution in [3.8, 4) is 17.3 Å². The summed E-state index contributed by atoms with van der Waals surface area (Å²) in [7, 11) is 0.500. The molecule has 5 aliphatic rings. The lowest BCUT2D eigenvalue weighted by Crippen LogP contribution is -2.51. The lowest BCUT2D eigenvalue weighted by atomic mass is 9.94. The van der Waals surface area contributed by atoms with E-state index in [2.05, 4.69) is 20.2 Å². The summed E-state index contributed by atoms with van der Waals surface area (Å²) in [5.74, 6) is -0.328. The van der Waals surface area contributed by atoms with Gasteiger partial charge in [0, 0.05) is 24.8 Å². The molecule has 0 amide bonds. The van der Waals surface area contributed by atoms with Gasteiger partial charge < -0.3 is 19.5 Å². The van der Waals surface area contributed by atoms with E-state index < -0.39 is 5.82 Å². The van der Waals surface area contributed by atoms with Crippen molar-refractivity contribution in [1.29, 1.82) is 0 Å². The van der Waals surface area contributed by atoms with Crippen LogP contribution in [0.3, 0.4) is 0 Å². The van der Waals surface area contributed by atoms with Gasteiger partial charge in [0.05, 0.1) is 37.5 Å². The summed E-state index contributed by atoms with van der Waals surface area (Å²) in [5, 5.41) is 12.3. The Morgan fingerprint density at radius 1 is 1.15 bits per heavy atom. The van der Waals surface area contributed by atoms with E-state index in [4.69, 9.17) is 24.4 Å². The standard InChI is InChI=1S/C31H32F2N6O2.CH3F.CH2O2/c32-24-7-6-19-4-1-5-22-25(19)21(24)8-13-40-20-14-34-18-38(16-20)29-23-15-35-27(22)26(33)28(23)36-30(37-29)41-17-31-9-2-11-39(31)12-3-10-31;1-2;2-1-3/h1,4-7,15,20,34H,2-3,8-14,16-18H2;1H3;1H,(H,2,3). The van der Waals surface area contributed by atoms with Crippen molar-refractivity contribution < 1.29 is 32.5 Å². The van der Waals surface area contributed by atoms with Gasteiger partial charge in [0.2, 0.25) is 0 Å². The fourth-order valence-electron chi connectivity index (χ4n) is 7.38. The average Bonchev–Trinajstić information content (AvgIpc) is 3.67. The number of benzene rings is 2. The van der Waals surface area contributed by atoms with Crippen LogP contribution in [0, 0.1) is 11.6 Å². The SMILES string of the molecule is CF.Fc1ccc2cccc3c2c1CCOC1CNCN(C1)c1nc(OCC24CCCN2CCC4)nc2c(F)c-3ncc12.O=CO. The van der Waals surface area contributed by atoms with E-state index in [9.17, 15) is 4.39 Å². The predicted octanol–water partition coefficient (Wildman–Crippen LogP) is 4.73. The number of alkyl halides is 1. The maximum atomic E-state index is 16.6. The molecular formula is C33H37F3N6O4. The zero-order valence-electron chi connectivity index (χ0n) is 25.6. The van der Waals surface area contributed by atoms with Crippen molar-refractivity contribution in [1.82, 2.24) is 25.2 Å². The number of halogens is 3. The number of carboxylic acid groups (broad SMARTS) is 1. The molecule has 0 radical (unpaired) electrons. The highest BCUT2D eigenvalue weighted by Gasteiger charge is 2.45. The number of ether oxygens (including phenoxy) is 2. The lowest BCUT2D eigenvalue weighted by molar-refractivity contribution is -0.122. The number of pyridine rings is 1.